The molecule has 2 rings (SSSR count). The zero-order chi connectivity index (χ0) is 21.4. The monoisotopic (exact) mass is 402 g/mol. The predicted octanol–water partition coefficient (Wildman–Crippen LogP) is 3.57. The number of rotatable bonds is 7. The van der Waals surface area contributed by atoms with Crippen LogP contribution < -0.4 is 4.74 Å². The van der Waals surface area contributed by atoms with E-state index in [0.717, 1.165) is 5.56 Å². The maximum absolute atomic E-state index is 12.5. The van der Waals surface area contributed by atoms with Gasteiger partial charge in [0.1, 0.15) is 11.4 Å². The van der Waals surface area contributed by atoms with Gasteiger partial charge in [-0.3, -0.25) is 4.79 Å². The van der Waals surface area contributed by atoms with E-state index in [2.05, 4.69) is 4.85 Å². The van der Waals surface area contributed by atoms with Gasteiger partial charge in [0, 0.05) is 13.1 Å². The van der Waals surface area contributed by atoms with E-state index >= 15 is 0 Å². The first-order chi connectivity index (χ1) is 13.7. The molecule has 2 atom stereocenters. The molecule has 1 heterocycles. The van der Waals surface area contributed by atoms with Crippen LogP contribution >= 0.6 is 0 Å². The molecule has 1 aliphatic rings. The fourth-order valence-electron chi connectivity index (χ4n) is 3.30. The van der Waals surface area contributed by atoms with Gasteiger partial charge in [0.15, 0.2) is 6.61 Å². The summed E-state index contributed by atoms with van der Waals surface area (Å²) >= 11 is 0. The van der Waals surface area contributed by atoms with E-state index in [9.17, 15) is 9.59 Å². The van der Waals surface area contributed by atoms with Crippen molar-refractivity contribution in [2.45, 2.75) is 39.7 Å². The molecule has 0 bridgehead atoms. The summed E-state index contributed by atoms with van der Waals surface area (Å²) in [6, 6.07) is 7.62. The van der Waals surface area contributed by atoms with Gasteiger partial charge in [0.25, 0.3) is 0 Å². The maximum atomic E-state index is 12.5. The summed E-state index contributed by atoms with van der Waals surface area (Å²) in [5, 5.41) is 0. The van der Waals surface area contributed by atoms with Crippen LogP contribution in [0.3, 0.4) is 0 Å². The van der Waals surface area contributed by atoms with Gasteiger partial charge < -0.3 is 24.0 Å². The smallest absolute Gasteiger partial charge is 0.410 e. The first-order valence-corrected chi connectivity index (χ1v) is 9.93. The Morgan fingerprint density at radius 1 is 1.21 bits per heavy atom. The topological polar surface area (TPSA) is 69.4 Å². The second-order valence-corrected chi connectivity index (χ2v) is 8.08. The van der Waals surface area contributed by atoms with Gasteiger partial charge in [-0.1, -0.05) is 12.1 Å². The lowest BCUT2D eigenvalue weighted by molar-refractivity contribution is -0.148. The van der Waals surface area contributed by atoms with Crippen molar-refractivity contribution in [3.8, 4) is 5.75 Å². The molecule has 0 spiro atoms. The van der Waals surface area contributed by atoms with Crippen molar-refractivity contribution in [3.63, 3.8) is 0 Å². The van der Waals surface area contributed by atoms with Crippen LogP contribution in [-0.4, -0.2) is 55.4 Å². The fourth-order valence-corrected chi connectivity index (χ4v) is 3.30. The van der Waals surface area contributed by atoms with Crippen LogP contribution in [0.2, 0.25) is 0 Å². The second kappa shape index (κ2) is 10.1. The van der Waals surface area contributed by atoms with Gasteiger partial charge in [-0.05, 0) is 57.7 Å². The highest BCUT2D eigenvalue weighted by molar-refractivity contribution is 5.76. The fraction of sp³-hybridized carbons (Fsp3) is 0.591. The number of hydrogen-bond donors (Lipinski definition) is 0. The lowest BCUT2D eigenvalue weighted by Crippen LogP contribution is -2.36. The molecule has 1 fully saturated rings. The minimum Gasteiger partial charge on any atom is -0.486 e. The summed E-state index contributed by atoms with van der Waals surface area (Å²) in [5.74, 6) is 0.0105. The zero-order valence-electron chi connectivity index (χ0n) is 17.6. The summed E-state index contributed by atoms with van der Waals surface area (Å²) < 4.78 is 16.2. The molecular weight excluding hydrogens is 372 g/mol. The lowest BCUT2D eigenvalue weighted by atomic mass is 9.90. The van der Waals surface area contributed by atoms with Gasteiger partial charge in [-0.2, -0.15) is 0 Å². The van der Waals surface area contributed by atoms with E-state index in [1.54, 1.807) is 11.8 Å². The Labute approximate surface area is 172 Å². The van der Waals surface area contributed by atoms with Crippen LogP contribution in [0.5, 0.6) is 5.75 Å². The van der Waals surface area contributed by atoms with Crippen LogP contribution in [0.15, 0.2) is 24.3 Å². The van der Waals surface area contributed by atoms with E-state index in [-0.39, 0.29) is 17.8 Å². The van der Waals surface area contributed by atoms with E-state index < -0.39 is 11.7 Å². The molecule has 158 valence electrons. The Morgan fingerprint density at radius 2 is 1.90 bits per heavy atom. The normalized spacial score (nSPS) is 18.8. The molecule has 1 aromatic carbocycles. The molecule has 0 radical (unpaired) electrons. The van der Waals surface area contributed by atoms with E-state index in [1.165, 1.54) is 0 Å². The summed E-state index contributed by atoms with van der Waals surface area (Å²) in [6.45, 7) is 15.8. The van der Waals surface area contributed by atoms with Crippen molar-refractivity contribution in [1.82, 2.24) is 4.90 Å². The average molecular weight is 402 g/mol. The molecule has 7 nitrogen and oxygen atoms in total. The zero-order valence-corrected chi connectivity index (χ0v) is 17.6. The minimum absolute atomic E-state index is 0.0459. The van der Waals surface area contributed by atoms with Gasteiger partial charge in [0.2, 0.25) is 6.54 Å². The van der Waals surface area contributed by atoms with Crippen LogP contribution in [0, 0.1) is 18.4 Å². The van der Waals surface area contributed by atoms with Crippen LogP contribution in [0.25, 0.3) is 4.85 Å². The molecular formula is C22H30N2O5. The van der Waals surface area contributed by atoms with Crippen molar-refractivity contribution in [2.24, 2.45) is 11.8 Å². The van der Waals surface area contributed by atoms with Gasteiger partial charge in [-0.15, -0.1) is 0 Å². The summed E-state index contributed by atoms with van der Waals surface area (Å²) in [6.07, 6.45) is 0.239. The maximum Gasteiger partial charge on any atom is 0.410 e. The molecule has 1 aliphatic heterocycles. The summed E-state index contributed by atoms with van der Waals surface area (Å²) in [4.78, 5) is 29.8. The molecule has 1 amide bonds. The SMILES string of the molecule is [C-]#[N+]CCOc1ccc(C[C@@H]2CN(C(=O)OC(C)(C)C)C[C@@H]2C(=O)OCC)cc1. The highest BCUT2D eigenvalue weighted by Crippen LogP contribution is 2.30. The molecule has 1 saturated heterocycles. The number of likely N-dealkylation sites (tertiary alicyclic amines) is 1. The molecule has 1 aromatic rings. The number of benzene rings is 1. The number of amides is 1. The predicted molar refractivity (Wildman–Crippen MR) is 109 cm³/mol. The van der Waals surface area contributed by atoms with Gasteiger partial charge in [0.05, 0.1) is 12.5 Å². The standard InChI is InChI=1S/C22H30N2O5/c1-6-27-20(25)19-15-24(21(26)29-22(2,3)4)14-17(19)13-16-7-9-18(10-8-16)28-12-11-23-5/h7-10,17,19H,6,11-15H2,1-4H3/t17-,19+/m1/s1. The van der Waals surface area contributed by atoms with E-state index in [4.69, 9.17) is 20.8 Å². The largest absolute Gasteiger partial charge is 0.486 e. The lowest BCUT2D eigenvalue weighted by Gasteiger charge is -2.24. The third-order valence-electron chi connectivity index (χ3n) is 4.58. The molecule has 0 aromatic heterocycles. The van der Waals surface area contributed by atoms with E-state index in [1.807, 2.05) is 45.0 Å². The first kappa shape index (κ1) is 22.5. The Kier molecular flexibility index (Phi) is 7.89. The number of ether oxygens (including phenoxy) is 3. The molecule has 0 aliphatic carbocycles. The van der Waals surface area contributed by atoms with E-state index in [0.29, 0.717) is 45.0 Å². The van der Waals surface area contributed by atoms with Crippen molar-refractivity contribution in [1.29, 1.82) is 0 Å². The average Bonchev–Trinajstić information content (AvgIpc) is 3.06. The molecule has 7 heteroatoms. The van der Waals surface area contributed by atoms with Crippen LogP contribution in [-0.2, 0) is 20.7 Å². The number of hydrogen-bond acceptors (Lipinski definition) is 5. The summed E-state index contributed by atoms with van der Waals surface area (Å²) in [5.41, 5.74) is 0.463. The number of esters is 1. The third-order valence-corrected chi connectivity index (χ3v) is 4.58. The molecule has 29 heavy (non-hydrogen) atoms. The second-order valence-electron chi connectivity index (χ2n) is 8.08. The Bertz CT molecular complexity index is 733. The van der Waals surface area contributed by atoms with Gasteiger partial charge >= 0.3 is 12.1 Å². The Hall–Kier alpha value is -2.75. The third kappa shape index (κ3) is 6.97. The molecule has 0 unspecified atom stereocenters. The first-order valence-electron chi connectivity index (χ1n) is 9.93. The van der Waals surface area contributed by atoms with Crippen LogP contribution in [0.1, 0.15) is 33.3 Å². The Morgan fingerprint density at radius 3 is 2.48 bits per heavy atom. The highest BCUT2D eigenvalue weighted by Gasteiger charge is 2.41. The number of carbonyl (C=O) groups is 2. The van der Waals surface area contributed by atoms with Gasteiger partial charge in [-0.25, -0.2) is 11.4 Å². The summed E-state index contributed by atoms with van der Waals surface area (Å²) in [7, 11) is 0. The van der Waals surface area contributed by atoms with Crippen LogP contribution in [0.4, 0.5) is 4.79 Å². The van der Waals surface area contributed by atoms with Crippen molar-refractivity contribution >= 4 is 12.1 Å². The molecule has 0 saturated carbocycles. The quantitative estimate of drug-likeness (QED) is 0.396. The highest BCUT2D eigenvalue weighted by atomic mass is 16.6. The van der Waals surface area contributed by atoms with Crippen molar-refractivity contribution in [3.05, 3.63) is 41.2 Å². The van der Waals surface area contributed by atoms with Crippen molar-refractivity contribution < 1.29 is 23.8 Å². The number of nitrogens with zero attached hydrogens (tertiary/aromatic N) is 2. The molecule has 0 N–H and O–H groups in total. The number of carbonyl (C=O) groups excluding carboxylic acids is 2. The Balaban J connectivity index is 2.06. The minimum atomic E-state index is -0.586. The van der Waals surface area contributed by atoms with Crippen molar-refractivity contribution in [2.75, 3.05) is 32.8 Å².